The van der Waals surface area contributed by atoms with E-state index in [-0.39, 0.29) is 29.8 Å². The number of hydrogen-bond acceptors (Lipinski definition) is 4. The highest BCUT2D eigenvalue weighted by Gasteiger charge is 2.25. The Morgan fingerprint density at radius 3 is 2.14 bits per heavy atom. The van der Waals surface area contributed by atoms with E-state index in [4.69, 9.17) is 5.21 Å². The van der Waals surface area contributed by atoms with Crippen LogP contribution in [0.2, 0.25) is 0 Å². The minimum Gasteiger partial charge on any atom is -0.289 e. The summed E-state index contributed by atoms with van der Waals surface area (Å²) >= 11 is 0. The zero-order chi connectivity index (χ0) is 20.8. The normalized spacial score (nSPS) is 12.2. The maximum atomic E-state index is 13.1. The van der Waals surface area contributed by atoms with E-state index in [0.29, 0.717) is 6.42 Å². The molecule has 0 unspecified atom stereocenters. The smallest absolute Gasteiger partial charge is 0.244 e. The van der Waals surface area contributed by atoms with Crippen molar-refractivity contribution in [3.63, 3.8) is 0 Å². The Kier molecular flexibility index (Phi) is 7.35. The van der Waals surface area contributed by atoms with E-state index in [1.54, 1.807) is 17.6 Å². The van der Waals surface area contributed by atoms with Gasteiger partial charge in [0.05, 0.1) is 4.90 Å². The van der Waals surface area contributed by atoms with Gasteiger partial charge in [-0.25, -0.2) is 13.9 Å². The predicted molar refractivity (Wildman–Crippen MR) is 109 cm³/mol. The molecule has 0 aliphatic rings. The van der Waals surface area contributed by atoms with Gasteiger partial charge in [-0.05, 0) is 35.1 Å². The zero-order valence-electron chi connectivity index (χ0n) is 16.6. The largest absolute Gasteiger partial charge is 0.289 e. The quantitative estimate of drug-likeness (QED) is 0.523. The third-order valence-corrected chi connectivity index (χ3v) is 6.48. The lowest BCUT2D eigenvalue weighted by Gasteiger charge is -2.23. The van der Waals surface area contributed by atoms with Gasteiger partial charge in [0, 0.05) is 19.5 Å². The van der Waals surface area contributed by atoms with Gasteiger partial charge in [0.15, 0.2) is 0 Å². The molecule has 0 saturated carbocycles. The molecule has 0 radical (unpaired) electrons. The Labute approximate surface area is 167 Å². The lowest BCUT2D eigenvalue weighted by Crippen LogP contribution is -2.36. The number of amides is 1. The Morgan fingerprint density at radius 1 is 1.00 bits per heavy atom. The fourth-order valence-electron chi connectivity index (χ4n) is 2.81. The Morgan fingerprint density at radius 2 is 1.61 bits per heavy atom. The van der Waals surface area contributed by atoms with Crippen molar-refractivity contribution in [2.75, 3.05) is 13.1 Å². The second kappa shape index (κ2) is 9.32. The molecule has 2 aromatic rings. The summed E-state index contributed by atoms with van der Waals surface area (Å²) in [6.07, 6.45) is 0.408. The summed E-state index contributed by atoms with van der Waals surface area (Å²) in [5.41, 5.74) is 3.53. The summed E-state index contributed by atoms with van der Waals surface area (Å²) in [6.45, 7) is 6.43. The first-order valence-electron chi connectivity index (χ1n) is 9.22. The number of hydrogen-bond donors (Lipinski definition) is 2. The summed E-state index contributed by atoms with van der Waals surface area (Å²) in [5, 5.41) is 8.71. The molecule has 0 spiro atoms. The first kappa shape index (κ1) is 22.1. The van der Waals surface area contributed by atoms with Gasteiger partial charge in [-0.3, -0.25) is 10.0 Å². The monoisotopic (exact) mass is 404 g/mol. The van der Waals surface area contributed by atoms with Gasteiger partial charge in [-0.15, -0.1) is 0 Å². The number of rotatable bonds is 8. The number of carbonyl (C=O) groups is 1. The maximum absolute atomic E-state index is 13.1. The summed E-state index contributed by atoms with van der Waals surface area (Å²) in [5.74, 6) is -0.622. The zero-order valence-corrected chi connectivity index (χ0v) is 17.4. The van der Waals surface area contributed by atoms with E-state index in [1.165, 1.54) is 4.31 Å². The lowest BCUT2D eigenvalue weighted by atomic mass is 9.87. The Bertz CT molecular complexity index is 873. The molecule has 2 rings (SSSR count). The average molecular weight is 405 g/mol. The van der Waals surface area contributed by atoms with Crippen LogP contribution in [0.4, 0.5) is 0 Å². The van der Waals surface area contributed by atoms with Crippen molar-refractivity contribution in [2.45, 2.75) is 43.9 Å². The van der Waals surface area contributed by atoms with E-state index >= 15 is 0 Å². The van der Waals surface area contributed by atoms with Gasteiger partial charge in [0.2, 0.25) is 15.9 Å². The maximum Gasteiger partial charge on any atom is 0.244 e. The second-order valence-electron chi connectivity index (χ2n) is 7.70. The molecular weight excluding hydrogens is 376 g/mol. The van der Waals surface area contributed by atoms with Crippen LogP contribution in [0.5, 0.6) is 0 Å². The summed E-state index contributed by atoms with van der Waals surface area (Å²) in [6, 6.07) is 16.4. The van der Waals surface area contributed by atoms with Gasteiger partial charge in [-0.2, -0.15) is 4.31 Å². The molecule has 0 heterocycles. The highest BCUT2D eigenvalue weighted by molar-refractivity contribution is 7.89. The number of carbonyl (C=O) groups excluding carboxylic acids is 1. The average Bonchev–Trinajstić information content (AvgIpc) is 2.67. The van der Waals surface area contributed by atoms with Crippen molar-refractivity contribution in [1.29, 1.82) is 0 Å². The molecule has 1 amide bonds. The van der Waals surface area contributed by atoms with Crippen molar-refractivity contribution in [1.82, 2.24) is 9.79 Å². The van der Waals surface area contributed by atoms with Crippen LogP contribution in [0.3, 0.4) is 0 Å². The number of sulfonamides is 1. The number of nitrogens with one attached hydrogen (secondary N) is 1. The van der Waals surface area contributed by atoms with Crippen molar-refractivity contribution in [3.05, 3.63) is 65.7 Å². The van der Waals surface area contributed by atoms with Crippen LogP contribution in [0.15, 0.2) is 59.5 Å². The first-order chi connectivity index (χ1) is 13.1. The molecule has 0 atom stereocenters. The highest BCUT2D eigenvalue weighted by atomic mass is 32.2. The second-order valence-corrected chi connectivity index (χ2v) is 9.64. The molecule has 0 saturated heterocycles. The molecule has 7 heteroatoms. The fraction of sp³-hybridized carbons (Fsp3) is 0.381. The van der Waals surface area contributed by atoms with E-state index < -0.39 is 15.9 Å². The lowest BCUT2D eigenvalue weighted by molar-refractivity contribution is -0.129. The SMILES string of the molecule is CC(C)(C)c1ccc(S(=O)(=O)N(CCC(=O)NO)CCc2ccccc2)cc1. The summed E-state index contributed by atoms with van der Waals surface area (Å²) in [7, 11) is -3.77. The van der Waals surface area contributed by atoms with Crippen LogP contribution in [0.25, 0.3) is 0 Å². The number of hydroxylamine groups is 1. The third-order valence-electron chi connectivity index (χ3n) is 4.56. The number of nitrogens with zero attached hydrogens (tertiary/aromatic N) is 1. The summed E-state index contributed by atoms with van der Waals surface area (Å²) < 4.78 is 27.6. The molecule has 0 bridgehead atoms. The minimum atomic E-state index is -3.77. The molecule has 28 heavy (non-hydrogen) atoms. The van der Waals surface area contributed by atoms with Crippen LogP contribution < -0.4 is 5.48 Å². The highest BCUT2D eigenvalue weighted by Crippen LogP contribution is 2.25. The van der Waals surface area contributed by atoms with E-state index in [1.807, 2.05) is 42.5 Å². The van der Waals surface area contributed by atoms with Crippen LogP contribution in [-0.2, 0) is 26.7 Å². The van der Waals surface area contributed by atoms with Crippen LogP contribution >= 0.6 is 0 Å². The fourth-order valence-corrected chi connectivity index (χ4v) is 4.25. The van der Waals surface area contributed by atoms with Gasteiger partial charge in [0.25, 0.3) is 0 Å². The van der Waals surface area contributed by atoms with E-state index in [9.17, 15) is 13.2 Å². The van der Waals surface area contributed by atoms with Gasteiger partial charge in [-0.1, -0.05) is 63.2 Å². The van der Waals surface area contributed by atoms with Crippen molar-refractivity contribution < 1.29 is 18.4 Å². The number of benzene rings is 2. The third kappa shape index (κ3) is 5.89. The van der Waals surface area contributed by atoms with Gasteiger partial charge >= 0.3 is 0 Å². The molecular formula is C21H28N2O4S. The molecule has 2 aromatic carbocycles. The van der Waals surface area contributed by atoms with Crippen LogP contribution in [0, 0.1) is 0 Å². The molecule has 0 aliphatic heterocycles. The van der Waals surface area contributed by atoms with E-state index in [2.05, 4.69) is 20.8 Å². The topological polar surface area (TPSA) is 86.7 Å². The standard InChI is InChI=1S/C21H28N2O4S/c1-21(2,3)18-9-11-19(12-10-18)28(26,27)23(16-14-20(24)22-25)15-13-17-7-5-4-6-8-17/h4-12,25H,13-16H2,1-3H3,(H,22,24). The minimum absolute atomic E-state index is 0.0113. The van der Waals surface area contributed by atoms with Crippen molar-refractivity contribution >= 4 is 15.9 Å². The van der Waals surface area contributed by atoms with Gasteiger partial charge < -0.3 is 0 Å². The Hall–Kier alpha value is -2.22. The molecule has 0 aliphatic carbocycles. The molecule has 152 valence electrons. The van der Waals surface area contributed by atoms with Gasteiger partial charge in [0.1, 0.15) is 0 Å². The molecule has 2 N–H and O–H groups in total. The Balaban J connectivity index is 2.24. The summed E-state index contributed by atoms with van der Waals surface area (Å²) in [4.78, 5) is 11.6. The van der Waals surface area contributed by atoms with Crippen molar-refractivity contribution in [2.24, 2.45) is 0 Å². The van der Waals surface area contributed by atoms with Crippen LogP contribution in [-0.4, -0.2) is 36.9 Å². The first-order valence-corrected chi connectivity index (χ1v) is 10.7. The van der Waals surface area contributed by atoms with E-state index in [0.717, 1.165) is 11.1 Å². The molecule has 6 nitrogen and oxygen atoms in total. The predicted octanol–water partition coefficient (Wildman–Crippen LogP) is 3.11. The van der Waals surface area contributed by atoms with Crippen molar-refractivity contribution in [3.8, 4) is 0 Å². The molecule has 0 fully saturated rings. The molecule has 0 aromatic heterocycles. The van der Waals surface area contributed by atoms with Crippen LogP contribution in [0.1, 0.15) is 38.3 Å².